The number of para-hydroxylation sites is 1. The van der Waals surface area contributed by atoms with Crippen molar-refractivity contribution in [3.05, 3.63) is 78.3 Å². The summed E-state index contributed by atoms with van der Waals surface area (Å²) in [6.07, 6.45) is 1.84. The Bertz CT molecular complexity index is 1020. The van der Waals surface area contributed by atoms with Gasteiger partial charge in [-0.2, -0.15) is 5.10 Å². The highest BCUT2D eigenvalue weighted by Gasteiger charge is 2.17. The number of ether oxygens (including phenoxy) is 1. The van der Waals surface area contributed by atoms with Crippen LogP contribution < -0.4 is 0 Å². The van der Waals surface area contributed by atoms with Crippen LogP contribution in [0.3, 0.4) is 0 Å². The van der Waals surface area contributed by atoms with Gasteiger partial charge >= 0.3 is 0 Å². The van der Waals surface area contributed by atoms with E-state index in [1.807, 2.05) is 30.3 Å². The number of carbonyl (C=O) groups is 1. The Morgan fingerprint density at radius 2 is 1.87 bits per heavy atom. The van der Waals surface area contributed by atoms with Crippen LogP contribution in [0.2, 0.25) is 0 Å². The topological polar surface area (TPSA) is 47.4 Å². The quantitative estimate of drug-likeness (QED) is 0.473. The van der Waals surface area contributed by atoms with E-state index in [0.29, 0.717) is 16.8 Å². The third kappa shape index (κ3) is 6.05. The molecule has 1 heterocycles. The number of rotatable bonds is 9. The van der Waals surface area contributed by atoms with Crippen LogP contribution in [0.4, 0.5) is 13.2 Å². The number of nitrogens with zero attached hydrogens (tertiary/aromatic N) is 3. The van der Waals surface area contributed by atoms with Gasteiger partial charge < -0.3 is 9.64 Å². The van der Waals surface area contributed by atoms with E-state index in [1.165, 1.54) is 31.4 Å². The highest BCUT2D eigenvalue weighted by Crippen LogP contribution is 2.25. The normalized spacial score (nSPS) is 11.4. The largest absolute Gasteiger partial charge is 0.383 e. The molecular formula is C23H22F3N3O2. The summed E-state index contributed by atoms with van der Waals surface area (Å²) < 4.78 is 45.6. The Balaban J connectivity index is 1.93. The summed E-state index contributed by atoms with van der Waals surface area (Å²) >= 11 is 0. The molecule has 2 aromatic carbocycles. The molecule has 8 heteroatoms. The zero-order valence-electron chi connectivity index (χ0n) is 16.9. The highest BCUT2D eigenvalue weighted by atomic mass is 19.3. The first-order valence-corrected chi connectivity index (χ1v) is 9.63. The van der Waals surface area contributed by atoms with Crippen LogP contribution in [0.25, 0.3) is 23.0 Å². The first-order valence-electron chi connectivity index (χ1n) is 9.63. The lowest BCUT2D eigenvalue weighted by atomic mass is 10.1. The van der Waals surface area contributed by atoms with E-state index in [0.717, 1.165) is 10.6 Å². The molecule has 3 aromatic rings. The minimum Gasteiger partial charge on any atom is -0.383 e. The van der Waals surface area contributed by atoms with Gasteiger partial charge in [0.05, 0.1) is 24.5 Å². The number of hydrogen-bond acceptors (Lipinski definition) is 3. The van der Waals surface area contributed by atoms with E-state index in [2.05, 4.69) is 5.10 Å². The van der Waals surface area contributed by atoms with E-state index in [-0.39, 0.29) is 19.0 Å². The van der Waals surface area contributed by atoms with Crippen molar-refractivity contribution in [2.45, 2.75) is 6.43 Å². The fourth-order valence-electron chi connectivity index (χ4n) is 2.98. The van der Waals surface area contributed by atoms with E-state index in [1.54, 1.807) is 23.0 Å². The second kappa shape index (κ2) is 10.6. The van der Waals surface area contributed by atoms with E-state index in [4.69, 9.17) is 4.74 Å². The number of halogens is 3. The standard InChI is InChI=1S/C23H22F3N3O2/c1-31-14-13-28(16-21(25)26)22(30)12-9-18-15-29(20-5-3-2-4-6-20)27-23(18)17-7-10-19(24)11-8-17/h2-12,15,21H,13-14,16H2,1H3/b12-9+. The van der Waals surface area contributed by atoms with Gasteiger partial charge in [0.1, 0.15) is 5.82 Å². The molecule has 0 aliphatic carbocycles. The first-order chi connectivity index (χ1) is 15.0. The van der Waals surface area contributed by atoms with Gasteiger partial charge in [-0.15, -0.1) is 0 Å². The third-order valence-corrected chi connectivity index (χ3v) is 4.52. The Hall–Kier alpha value is -3.39. The average Bonchev–Trinajstić information content (AvgIpc) is 3.20. The summed E-state index contributed by atoms with van der Waals surface area (Å²) in [5, 5.41) is 4.58. The number of hydrogen-bond donors (Lipinski definition) is 0. The predicted octanol–water partition coefficient (Wildman–Crippen LogP) is 4.43. The smallest absolute Gasteiger partial charge is 0.255 e. The van der Waals surface area contributed by atoms with Gasteiger partial charge in [-0.1, -0.05) is 18.2 Å². The molecule has 0 saturated heterocycles. The molecule has 0 radical (unpaired) electrons. The SMILES string of the molecule is COCCN(CC(F)F)C(=O)/C=C/c1cn(-c2ccccc2)nc1-c1ccc(F)cc1. The monoisotopic (exact) mass is 429 g/mol. The number of carbonyl (C=O) groups excluding carboxylic acids is 1. The third-order valence-electron chi connectivity index (χ3n) is 4.52. The lowest BCUT2D eigenvalue weighted by Crippen LogP contribution is -2.36. The van der Waals surface area contributed by atoms with Crippen LogP contribution in [0.1, 0.15) is 5.56 Å². The minimum absolute atomic E-state index is 0.0537. The summed E-state index contributed by atoms with van der Waals surface area (Å²) in [4.78, 5) is 13.5. The van der Waals surface area contributed by atoms with Crippen LogP contribution in [0.15, 0.2) is 66.9 Å². The molecule has 0 N–H and O–H groups in total. The van der Waals surface area contributed by atoms with Crippen molar-refractivity contribution in [1.29, 1.82) is 0 Å². The van der Waals surface area contributed by atoms with Gasteiger partial charge in [0.25, 0.3) is 6.43 Å². The van der Waals surface area contributed by atoms with E-state index in [9.17, 15) is 18.0 Å². The molecule has 0 atom stereocenters. The minimum atomic E-state index is -2.65. The van der Waals surface area contributed by atoms with E-state index < -0.39 is 18.9 Å². The second-order valence-electron chi connectivity index (χ2n) is 6.72. The molecule has 0 fully saturated rings. The van der Waals surface area contributed by atoms with Crippen molar-refractivity contribution in [1.82, 2.24) is 14.7 Å². The number of amides is 1. The Morgan fingerprint density at radius 3 is 2.52 bits per heavy atom. The number of aromatic nitrogens is 2. The molecule has 1 amide bonds. The zero-order valence-corrected chi connectivity index (χ0v) is 16.9. The molecule has 0 saturated carbocycles. The maximum atomic E-state index is 13.4. The predicted molar refractivity (Wildman–Crippen MR) is 112 cm³/mol. The second-order valence-corrected chi connectivity index (χ2v) is 6.72. The molecule has 0 aliphatic rings. The first kappa shape index (κ1) is 22.3. The number of benzene rings is 2. The molecule has 31 heavy (non-hydrogen) atoms. The molecule has 162 valence electrons. The van der Waals surface area contributed by atoms with Gasteiger partial charge in [0, 0.05) is 37.1 Å². The maximum absolute atomic E-state index is 13.4. The molecular weight excluding hydrogens is 407 g/mol. The molecule has 0 aliphatic heterocycles. The lowest BCUT2D eigenvalue weighted by Gasteiger charge is -2.20. The average molecular weight is 429 g/mol. The molecule has 0 spiro atoms. The van der Waals surface area contributed by atoms with Crippen LogP contribution in [-0.4, -0.2) is 53.8 Å². The number of alkyl halides is 2. The maximum Gasteiger partial charge on any atom is 0.255 e. The lowest BCUT2D eigenvalue weighted by molar-refractivity contribution is -0.128. The zero-order chi connectivity index (χ0) is 22.2. The van der Waals surface area contributed by atoms with E-state index >= 15 is 0 Å². The fourth-order valence-corrected chi connectivity index (χ4v) is 2.98. The molecule has 1 aromatic heterocycles. The summed E-state index contributed by atoms with van der Waals surface area (Å²) in [7, 11) is 1.44. The van der Waals surface area contributed by atoms with Crippen LogP contribution in [0.5, 0.6) is 0 Å². The summed E-state index contributed by atoms with van der Waals surface area (Å²) in [6.45, 7) is -0.474. The van der Waals surface area contributed by atoms with Crippen LogP contribution >= 0.6 is 0 Å². The highest BCUT2D eigenvalue weighted by molar-refractivity contribution is 5.93. The van der Waals surface area contributed by atoms with Gasteiger partial charge in [-0.05, 0) is 42.5 Å². The van der Waals surface area contributed by atoms with Crippen LogP contribution in [0, 0.1) is 5.82 Å². The Morgan fingerprint density at radius 1 is 1.16 bits per heavy atom. The molecule has 0 bridgehead atoms. The Kier molecular flexibility index (Phi) is 7.61. The van der Waals surface area contributed by atoms with Gasteiger partial charge in [0.2, 0.25) is 5.91 Å². The van der Waals surface area contributed by atoms with Crippen molar-refractivity contribution in [3.63, 3.8) is 0 Å². The molecule has 5 nitrogen and oxygen atoms in total. The van der Waals surface area contributed by atoms with Crippen molar-refractivity contribution < 1.29 is 22.7 Å². The summed E-state index contributed by atoms with van der Waals surface area (Å²) in [5.74, 6) is -0.936. The van der Waals surface area contributed by atoms with Gasteiger partial charge in [-0.25, -0.2) is 17.9 Å². The summed E-state index contributed by atoms with van der Waals surface area (Å²) in [6, 6.07) is 15.2. The van der Waals surface area contributed by atoms with Gasteiger partial charge in [-0.3, -0.25) is 4.79 Å². The fraction of sp³-hybridized carbons (Fsp3) is 0.217. The summed E-state index contributed by atoms with van der Waals surface area (Å²) in [5.41, 5.74) is 2.58. The van der Waals surface area contributed by atoms with Crippen molar-refractivity contribution in [2.24, 2.45) is 0 Å². The van der Waals surface area contributed by atoms with Gasteiger partial charge in [0.15, 0.2) is 0 Å². The van der Waals surface area contributed by atoms with Crippen LogP contribution in [-0.2, 0) is 9.53 Å². The Labute approximate surface area is 178 Å². The molecule has 0 unspecified atom stereocenters. The van der Waals surface area contributed by atoms with Crippen molar-refractivity contribution in [3.8, 4) is 16.9 Å². The van der Waals surface area contributed by atoms with Crippen molar-refractivity contribution in [2.75, 3.05) is 26.8 Å². The number of methoxy groups -OCH3 is 1. The van der Waals surface area contributed by atoms with Crippen molar-refractivity contribution >= 4 is 12.0 Å². The molecule has 3 rings (SSSR count).